The van der Waals surface area contributed by atoms with Crippen molar-refractivity contribution in [1.82, 2.24) is 4.90 Å². The largest absolute Gasteiger partial charge is 0.350 e. The van der Waals surface area contributed by atoms with Gasteiger partial charge in [0.1, 0.15) is 5.70 Å². The van der Waals surface area contributed by atoms with Crippen molar-refractivity contribution < 1.29 is 9.59 Å². The van der Waals surface area contributed by atoms with Gasteiger partial charge >= 0.3 is 0 Å². The maximum absolute atomic E-state index is 12.7. The molecule has 0 unspecified atom stereocenters. The summed E-state index contributed by atoms with van der Waals surface area (Å²) < 4.78 is 0. The van der Waals surface area contributed by atoms with Gasteiger partial charge in [0.15, 0.2) is 0 Å². The highest BCUT2D eigenvalue weighted by molar-refractivity contribution is 6.36. The molecule has 0 spiro atoms. The Morgan fingerprint density at radius 2 is 1.52 bits per heavy atom. The van der Waals surface area contributed by atoms with E-state index in [1.165, 1.54) is 4.90 Å². The molecule has 4 nitrogen and oxygen atoms in total. The zero-order chi connectivity index (χ0) is 16.2. The fourth-order valence-electron chi connectivity index (χ4n) is 2.53. The Bertz CT molecular complexity index is 780. The number of nitrogens with zero attached hydrogens (tertiary/aromatic N) is 1. The van der Waals surface area contributed by atoms with Crippen LogP contribution in [0.5, 0.6) is 0 Å². The Kier molecular flexibility index (Phi) is 4.06. The van der Waals surface area contributed by atoms with Crippen LogP contribution < -0.4 is 5.32 Å². The van der Waals surface area contributed by atoms with E-state index in [1.807, 2.05) is 60.7 Å². The van der Waals surface area contributed by atoms with E-state index in [2.05, 4.69) is 11.9 Å². The number of rotatable bonds is 5. The molecular formula is C19H16N2O2. The van der Waals surface area contributed by atoms with Gasteiger partial charge in [0.25, 0.3) is 11.8 Å². The van der Waals surface area contributed by atoms with Crippen LogP contribution in [0, 0.1) is 0 Å². The van der Waals surface area contributed by atoms with Crippen LogP contribution in [-0.4, -0.2) is 23.3 Å². The molecule has 1 aliphatic heterocycles. The summed E-state index contributed by atoms with van der Waals surface area (Å²) in [6, 6.07) is 18.5. The van der Waals surface area contributed by atoms with Crippen LogP contribution in [0.1, 0.15) is 5.56 Å². The molecule has 0 fully saturated rings. The highest BCUT2D eigenvalue weighted by atomic mass is 16.2. The van der Waals surface area contributed by atoms with Crippen LogP contribution in [0.3, 0.4) is 0 Å². The monoisotopic (exact) mass is 304 g/mol. The fourth-order valence-corrected chi connectivity index (χ4v) is 2.53. The number of carbonyl (C=O) groups excluding carboxylic acids is 2. The van der Waals surface area contributed by atoms with Crippen molar-refractivity contribution >= 4 is 23.1 Å². The molecule has 1 N–H and O–H groups in total. The van der Waals surface area contributed by atoms with Crippen molar-refractivity contribution in [2.45, 2.75) is 0 Å². The highest BCUT2D eigenvalue weighted by Gasteiger charge is 2.38. The first-order valence-corrected chi connectivity index (χ1v) is 7.31. The second-order valence-corrected chi connectivity index (χ2v) is 5.12. The quantitative estimate of drug-likeness (QED) is 0.682. The van der Waals surface area contributed by atoms with Crippen LogP contribution in [-0.2, 0) is 9.59 Å². The van der Waals surface area contributed by atoms with E-state index in [0.29, 0.717) is 11.3 Å². The molecule has 3 rings (SSSR count). The standard InChI is InChI=1S/C19H16N2O2/c1-2-13-21-18(22)16(14-9-5-3-6-10-14)17(19(21)23)20-15-11-7-4-8-12-15/h2-12,20H,1,13H2. The van der Waals surface area contributed by atoms with E-state index in [9.17, 15) is 9.59 Å². The van der Waals surface area contributed by atoms with Gasteiger partial charge in [-0.15, -0.1) is 6.58 Å². The van der Waals surface area contributed by atoms with Crippen molar-refractivity contribution in [3.63, 3.8) is 0 Å². The summed E-state index contributed by atoms with van der Waals surface area (Å²) in [4.78, 5) is 26.5. The van der Waals surface area contributed by atoms with Crippen LogP contribution in [0.2, 0.25) is 0 Å². The van der Waals surface area contributed by atoms with E-state index >= 15 is 0 Å². The molecule has 2 aromatic carbocycles. The minimum atomic E-state index is -0.336. The molecule has 0 saturated carbocycles. The Balaban J connectivity index is 2.07. The number of hydrogen-bond donors (Lipinski definition) is 1. The summed E-state index contributed by atoms with van der Waals surface area (Å²) in [5, 5.41) is 3.09. The second kappa shape index (κ2) is 6.32. The highest BCUT2D eigenvalue weighted by Crippen LogP contribution is 2.30. The predicted octanol–water partition coefficient (Wildman–Crippen LogP) is 3.06. The lowest BCUT2D eigenvalue weighted by molar-refractivity contribution is -0.136. The van der Waals surface area contributed by atoms with Gasteiger partial charge < -0.3 is 5.32 Å². The third-order valence-corrected chi connectivity index (χ3v) is 3.59. The van der Waals surface area contributed by atoms with Crippen LogP contribution in [0.15, 0.2) is 79.0 Å². The molecule has 0 bridgehead atoms. The summed E-state index contributed by atoms with van der Waals surface area (Å²) in [7, 11) is 0. The number of nitrogens with one attached hydrogen (secondary N) is 1. The van der Waals surface area contributed by atoms with Gasteiger partial charge in [0, 0.05) is 12.2 Å². The maximum atomic E-state index is 12.7. The number of amides is 2. The number of hydrogen-bond acceptors (Lipinski definition) is 3. The summed E-state index contributed by atoms with van der Waals surface area (Å²) in [5.74, 6) is -0.642. The molecule has 0 aliphatic carbocycles. The van der Waals surface area contributed by atoms with Crippen molar-refractivity contribution in [2.75, 3.05) is 11.9 Å². The molecule has 0 radical (unpaired) electrons. The van der Waals surface area contributed by atoms with Crippen molar-refractivity contribution in [1.29, 1.82) is 0 Å². The van der Waals surface area contributed by atoms with Crippen LogP contribution in [0.4, 0.5) is 5.69 Å². The molecule has 1 aliphatic rings. The van der Waals surface area contributed by atoms with E-state index in [4.69, 9.17) is 0 Å². The van der Waals surface area contributed by atoms with Crippen molar-refractivity contribution in [2.24, 2.45) is 0 Å². The summed E-state index contributed by atoms with van der Waals surface area (Å²) >= 11 is 0. The smallest absolute Gasteiger partial charge is 0.278 e. The first-order chi connectivity index (χ1) is 11.2. The molecule has 0 atom stereocenters. The predicted molar refractivity (Wildman–Crippen MR) is 90.3 cm³/mol. The molecule has 23 heavy (non-hydrogen) atoms. The molecule has 0 saturated heterocycles. The number of para-hydroxylation sites is 1. The minimum absolute atomic E-state index is 0.188. The minimum Gasteiger partial charge on any atom is -0.350 e. The number of anilines is 1. The first kappa shape index (κ1) is 14.8. The van der Waals surface area contributed by atoms with Gasteiger partial charge in [-0.2, -0.15) is 0 Å². The van der Waals surface area contributed by atoms with E-state index in [1.54, 1.807) is 6.08 Å². The summed E-state index contributed by atoms with van der Waals surface area (Å²) in [6.45, 7) is 3.80. The molecule has 114 valence electrons. The van der Waals surface area contributed by atoms with Gasteiger partial charge in [-0.1, -0.05) is 54.6 Å². The van der Waals surface area contributed by atoms with Crippen LogP contribution >= 0.6 is 0 Å². The summed E-state index contributed by atoms with van der Waals surface area (Å²) in [5.41, 5.74) is 2.17. The van der Waals surface area contributed by atoms with Crippen molar-refractivity contribution in [3.05, 3.63) is 84.6 Å². The first-order valence-electron chi connectivity index (χ1n) is 7.31. The molecule has 4 heteroatoms. The van der Waals surface area contributed by atoms with E-state index in [-0.39, 0.29) is 18.4 Å². The zero-order valence-electron chi connectivity index (χ0n) is 12.5. The molecule has 0 aromatic heterocycles. The lowest BCUT2D eigenvalue weighted by Gasteiger charge is -2.12. The lowest BCUT2D eigenvalue weighted by Crippen LogP contribution is -2.32. The second-order valence-electron chi connectivity index (χ2n) is 5.12. The van der Waals surface area contributed by atoms with Gasteiger partial charge in [-0.25, -0.2) is 0 Å². The third kappa shape index (κ3) is 2.79. The van der Waals surface area contributed by atoms with Gasteiger partial charge in [-0.05, 0) is 17.7 Å². The van der Waals surface area contributed by atoms with Gasteiger partial charge in [-0.3, -0.25) is 14.5 Å². The summed E-state index contributed by atoms with van der Waals surface area (Å²) in [6.07, 6.45) is 1.55. The maximum Gasteiger partial charge on any atom is 0.278 e. The number of carbonyl (C=O) groups is 2. The topological polar surface area (TPSA) is 49.4 Å². The zero-order valence-corrected chi connectivity index (χ0v) is 12.5. The number of imide groups is 1. The Labute approximate surface area is 134 Å². The van der Waals surface area contributed by atoms with E-state index < -0.39 is 0 Å². The van der Waals surface area contributed by atoms with Gasteiger partial charge in [0.05, 0.1) is 5.57 Å². The SMILES string of the molecule is C=CCN1C(=O)C(Nc2ccccc2)=C(c2ccccc2)C1=O. The molecule has 2 amide bonds. The average Bonchev–Trinajstić information content (AvgIpc) is 2.81. The van der Waals surface area contributed by atoms with Crippen molar-refractivity contribution in [3.8, 4) is 0 Å². The average molecular weight is 304 g/mol. The Morgan fingerprint density at radius 3 is 2.13 bits per heavy atom. The normalized spacial score (nSPS) is 14.3. The molecule has 2 aromatic rings. The molecular weight excluding hydrogens is 288 g/mol. The Hall–Kier alpha value is -3.14. The number of benzene rings is 2. The van der Waals surface area contributed by atoms with Crippen LogP contribution in [0.25, 0.3) is 5.57 Å². The van der Waals surface area contributed by atoms with E-state index in [0.717, 1.165) is 11.3 Å². The Morgan fingerprint density at radius 1 is 0.913 bits per heavy atom. The van der Waals surface area contributed by atoms with Gasteiger partial charge in [0.2, 0.25) is 0 Å². The third-order valence-electron chi connectivity index (χ3n) is 3.59. The lowest BCUT2D eigenvalue weighted by atomic mass is 10.0. The molecule has 1 heterocycles. The fraction of sp³-hybridized carbons (Fsp3) is 0.0526.